The number of allylic oxidation sites excluding steroid dienone is 2. The summed E-state index contributed by atoms with van der Waals surface area (Å²) in [4.78, 5) is 36.7. The first-order chi connectivity index (χ1) is 12.8. The third-order valence-corrected chi connectivity index (χ3v) is 4.28. The van der Waals surface area contributed by atoms with Gasteiger partial charge in [-0.05, 0) is 36.6 Å². The predicted octanol–water partition coefficient (Wildman–Crippen LogP) is 3.69. The maximum absolute atomic E-state index is 12.9. The van der Waals surface area contributed by atoms with Crippen molar-refractivity contribution in [2.24, 2.45) is 11.1 Å². The highest BCUT2D eigenvalue weighted by atomic mass is 16.5. The third kappa shape index (κ3) is 4.24. The number of esters is 2. The molecule has 0 aliphatic carbocycles. The molecule has 0 bridgehead atoms. The van der Waals surface area contributed by atoms with Crippen molar-refractivity contribution >= 4 is 17.6 Å². The number of methoxy groups -OCH3 is 1. The molecule has 1 N–H and O–H groups in total. The van der Waals surface area contributed by atoms with Crippen LogP contribution >= 0.6 is 0 Å². The van der Waals surface area contributed by atoms with Crippen molar-refractivity contribution in [1.82, 2.24) is 5.32 Å². The second-order valence-corrected chi connectivity index (χ2v) is 6.77. The molecule has 144 valence electrons. The van der Waals surface area contributed by atoms with Crippen LogP contribution in [-0.4, -0.2) is 25.7 Å². The van der Waals surface area contributed by atoms with E-state index in [1.807, 2.05) is 13.8 Å². The summed E-state index contributed by atoms with van der Waals surface area (Å²) in [6, 6.07) is 6.61. The van der Waals surface area contributed by atoms with Crippen LogP contribution in [0.15, 0.2) is 52.0 Å². The molecule has 1 atom stereocenters. The minimum atomic E-state index is -0.813. The Morgan fingerprint density at radius 1 is 1.11 bits per heavy atom. The summed E-state index contributed by atoms with van der Waals surface area (Å²) in [7, 11) is 1.27. The van der Waals surface area contributed by atoms with Crippen molar-refractivity contribution in [2.75, 3.05) is 13.7 Å². The van der Waals surface area contributed by atoms with Gasteiger partial charge in [-0.1, -0.05) is 32.0 Å². The van der Waals surface area contributed by atoms with E-state index in [-0.39, 0.29) is 29.4 Å². The lowest BCUT2D eigenvalue weighted by Crippen LogP contribution is -2.32. The smallest absolute Gasteiger partial charge is 0.336 e. The molecule has 0 saturated heterocycles. The van der Waals surface area contributed by atoms with E-state index in [2.05, 4.69) is 10.5 Å². The van der Waals surface area contributed by atoms with Gasteiger partial charge < -0.3 is 14.8 Å². The van der Waals surface area contributed by atoms with E-state index < -0.39 is 17.9 Å². The van der Waals surface area contributed by atoms with Crippen molar-refractivity contribution in [1.29, 1.82) is 0 Å². The molecule has 1 aromatic carbocycles. The third-order valence-electron chi connectivity index (χ3n) is 4.28. The SMILES string of the molecule is COC(=O)C1=C(C)NC(C)=C(C(=O)OCC(C)C)C1c1ccccc1N=O. The van der Waals surface area contributed by atoms with Crippen LogP contribution in [0.5, 0.6) is 0 Å². The van der Waals surface area contributed by atoms with Gasteiger partial charge in [0.1, 0.15) is 5.69 Å². The summed E-state index contributed by atoms with van der Waals surface area (Å²) < 4.78 is 10.3. The van der Waals surface area contributed by atoms with Gasteiger partial charge in [-0.25, -0.2) is 9.59 Å². The molecule has 1 aliphatic rings. The molecule has 1 unspecified atom stereocenters. The molecule has 27 heavy (non-hydrogen) atoms. The first-order valence-corrected chi connectivity index (χ1v) is 8.68. The molecular weight excluding hydrogens is 348 g/mol. The second-order valence-electron chi connectivity index (χ2n) is 6.77. The fourth-order valence-corrected chi connectivity index (χ4v) is 3.09. The number of nitrogens with one attached hydrogen (secondary N) is 1. The van der Waals surface area contributed by atoms with Gasteiger partial charge in [0.05, 0.1) is 30.8 Å². The van der Waals surface area contributed by atoms with Gasteiger partial charge in [0.15, 0.2) is 0 Å². The van der Waals surface area contributed by atoms with Crippen LogP contribution in [0.25, 0.3) is 0 Å². The van der Waals surface area contributed by atoms with Crippen molar-refractivity contribution < 1.29 is 19.1 Å². The number of dihydropyridines is 1. The van der Waals surface area contributed by atoms with E-state index in [1.165, 1.54) is 7.11 Å². The van der Waals surface area contributed by atoms with Gasteiger partial charge in [0.2, 0.25) is 0 Å². The molecule has 7 heteroatoms. The van der Waals surface area contributed by atoms with E-state index in [1.54, 1.807) is 38.1 Å². The summed E-state index contributed by atoms with van der Waals surface area (Å²) in [5, 5.41) is 6.11. The molecule has 1 heterocycles. The standard InChI is InChI=1S/C20H24N2O5/c1-11(2)10-27-20(24)17-13(4)21-12(3)16(19(23)26-5)18(17)14-8-6-7-9-15(14)22-25/h6-9,11,18,21H,10H2,1-5H3. The quantitative estimate of drug-likeness (QED) is 0.604. The maximum atomic E-state index is 12.9. The van der Waals surface area contributed by atoms with Gasteiger partial charge in [-0.15, -0.1) is 4.91 Å². The molecular formula is C20H24N2O5. The summed E-state index contributed by atoms with van der Waals surface area (Å²) in [5.41, 5.74) is 2.21. The van der Waals surface area contributed by atoms with Gasteiger partial charge in [-0.3, -0.25) is 0 Å². The molecule has 1 aliphatic heterocycles. The van der Waals surface area contributed by atoms with E-state index in [0.717, 1.165) is 0 Å². The van der Waals surface area contributed by atoms with Crippen LogP contribution in [-0.2, 0) is 19.1 Å². The number of ether oxygens (including phenoxy) is 2. The number of benzene rings is 1. The van der Waals surface area contributed by atoms with Gasteiger partial charge in [0, 0.05) is 11.4 Å². The average Bonchev–Trinajstić information content (AvgIpc) is 2.64. The Morgan fingerprint density at radius 2 is 1.70 bits per heavy atom. The number of carbonyl (C=O) groups is 2. The highest BCUT2D eigenvalue weighted by Crippen LogP contribution is 2.42. The molecule has 2 rings (SSSR count). The first kappa shape index (κ1) is 20.4. The van der Waals surface area contributed by atoms with Crippen LogP contribution in [0.1, 0.15) is 39.2 Å². The normalized spacial score (nSPS) is 16.9. The maximum Gasteiger partial charge on any atom is 0.336 e. The zero-order valence-electron chi connectivity index (χ0n) is 16.2. The molecule has 0 radical (unpaired) electrons. The number of rotatable bonds is 6. The lowest BCUT2D eigenvalue weighted by molar-refractivity contribution is -0.140. The highest BCUT2D eigenvalue weighted by molar-refractivity contribution is 6.00. The minimum Gasteiger partial charge on any atom is -0.466 e. The monoisotopic (exact) mass is 372 g/mol. The van der Waals surface area contributed by atoms with Crippen molar-refractivity contribution in [3.63, 3.8) is 0 Å². The number of hydrogen-bond donors (Lipinski definition) is 1. The summed E-state index contributed by atoms with van der Waals surface area (Å²) in [6.45, 7) is 7.55. The molecule has 0 saturated carbocycles. The zero-order chi connectivity index (χ0) is 20.1. The van der Waals surface area contributed by atoms with Crippen molar-refractivity contribution in [2.45, 2.75) is 33.6 Å². The second kappa shape index (κ2) is 8.62. The number of nitrogens with zero attached hydrogens (tertiary/aromatic N) is 1. The lowest BCUT2D eigenvalue weighted by atomic mass is 9.79. The Morgan fingerprint density at radius 3 is 2.26 bits per heavy atom. The van der Waals surface area contributed by atoms with Gasteiger partial charge in [-0.2, -0.15) is 0 Å². The van der Waals surface area contributed by atoms with Crippen molar-refractivity contribution in [3.8, 4) is 0 Å². The van der Waals surface area contributed by atoms with Crippen LogP contribution in [0.2, 0.25) is 0 Å². The zero-order valence-corrected chi connectivity index (χ0v) is 16.2. The summed E-state index contributed by atoms with van der Waals surface area (Å²) in [6.07, 6.45) is 0. The van der Waals surface area contributed by atoms with E-state index in [4.69, 9.17) is 9.47 Å². The van der Waals surface area contributed by atoms with Gasteiger partial charge >= 0.3 is 11.9 Å². The number of nitroso groups, excluding NO2 is 1. The molecule has 0 fully saturated rings. The number of carbonyl (C=O) groups excluding carboxylic acids is 2. The molecule has 0 amide bonds. The Balaban J connectivity index is 2.65. The fourth-order valence-electron chi connectivity index (χ4n) is 3.09. The number of hydrogen-bond acceptors (Lipinski definition) is 7. The molecule has 0 spiro atoms. The largest absolute Gasteiger partial charge is 0.466 e. The van der Waals surface area contributed by atoms with E-state index in [0.29, 0.717) is 17.0 Å². The predicted molar refractivity (Wildman–Crippen MR) is 101 cm³/mol. The summed E-state index contributed by atoms with van der Waals surface area (Å²) >= 11 is 0. The Kier molecular flexibility index (Phi) is 6.50. The van der Waals surface area contributed by atoms with Crippen LogP contribution in [0.4, 0.5) is 5.69 Å². The Labute approximate surface area is 158 Å². The Bertz CT molecular complexity index is 823. The average molecular weight is 372 g/mol. The van der Waals surface area contributed by atoms with Crippen LogP contribution < -0.4 is 5.32 Å². The van der Waals surface area contributed by atoms with E-state index >= 15 is 0 Å². The highest BCUT2D eigenvalue weighted by Gasteiger charge is 2.39. The van der Waals surface area contributed by atoms with Crippen LogP contribution in [0.3, 0.4) is 0 Å². The summed E-state index contributed by atoms with van der Waals surface area (Å²) in [5.74, 6) is -1.79. The lowest BCUT2D eigenvalue weighted by Gasteiger charge is -2.30. The molecule has 7 nitrogen and oxygen atoms in total. The van der Waals surface area contributed by atoms with Gasteiger partial charge in [0.25, 0.3) is 0 Å². The fraction of sp³-hybridized carbons (Fsp3) is 0.400. The molecule has 0 aromatic heterocycles. The Hall–Kier alpha value is -2.96. The van der Waals surface area contributed by atoms with Crippen LogP contribution in [0, 0.1) is 10.8 Å². The first-order valence-electron chi connectivity index (χ1n) is 8.68. The topological polar surface area (TPSA) is 94.1 Å². The minimum absolute atomic E-state index is 0.153. The van der Waals surface area contributed by atoms with Crippen molar-refractivity contribution in [3.05, 3.63) is 57.3 Å². The molecule has 1 aromatic rings. The van der Waals surface area contributed by atoms with E-state index in [9.17, 15) is 14.5 Å².